The highest BCUT2D eigenvalue weighted by Gasteiger charge is 2.29. The zero-order valence-electron chi connectivity index (χ0n) is 14.2. The van der Waals surface area contributed by atoms with Crippen molar-refractivity contribution in [2.75, 3.05) is 18.0 Å². The molecule has 2 aromatic carbocycles. The SMILES string of the molecule is C[C@H]1CN(c2cc(-c3ccccc3)c3ccccc3[nH+]2)C[C@H](C)O1. The normalized spacial score (nSPS) is 21.2. The number of ether oxygens (including phenoxy) is 1. The Bertz CT molecular complexity index is 837. The van der Waals surface area contributed by atoms with Crippen molar-refractivity contribution in [3.05, 3.63) is 60.7 Å². The van der Waals surface area contributed by atoms with E-state index in [4.69, 9.17) is 4.74 Å². The number of anilines is 1. The number of fused-ring (bicyclic) bond motifs is 1. The van der Waals surface area contributed by atoms with Gasteiger partial charge in [-0.1, -0.05) is 48.5 Å². The van der Waals surface area contributed by atoms with Gasteiger partial charge in [-0.15, -0.1) is 0 Å². The van der Waals surface area contributed by atoms with E-state index in [0.29, 0.717) is 0 Å². The summed E-state index contributed by atoms with van der Waals surface area (Å²) in [6, 6.07) is 21.4. The molecule has 1 aromatic heterocycles. The van der Waals surface area contributed by atoms with Crippen LogP contribution in [0.25, 0.3) is 22.0 Å². The van der Waals surface area contributed by atoms with E-state index in [1.165, 1.54) is 22.0 Å². The Labute approximate surface area is 142 Å². The first-order chi connectivity index (χ1) is 11.7. The summed E-state index contributed by atoms with van der Waals surface area (Å²) in [6.07, 6.45) is 0.489. The third-order valence-electron chi connectivity index (χ3n) is 4.61. The summed E-state index contributed by atoms with van der Waals surface area (Å²) in [5.41, 5.74) is 3.69. The van der Waals surface area contributed by atoms with E-state index < -0.39 is 0 Å². The number of hydrogen-bond donors (Lipinski definition) is 0. The molecule has 122 valence electrons. The molecule has 2 heterocycles. The molecule has 3 aromatic rings. The summed E-state index contributed by atoms with van der Waals surface area (Å²) >= 11 is 0. The minimum absolute atomic E-state index is 0.244. The van der Waals surface area contributed by atoms with Crippen LogP contribution in [0.15, 0.2) is 60.7 Å². The zero-order valence-corrected chi connectivity index (χ0v) is 14.2. The molecule has 1 aliphatic rings. The van der Waals surface area contributed by atoms with Crippen LogP contribution in [0.3, 0.4) is 0 Å². The number of aromatic nitrogens is 1. The summed E-state index contributed by atoms with van der Waals surface area (Å²) in [5, 5.41) is 1.25. The molecule has 1 saturated heterocycles. The lowest BCUT2D eigenvalue weighted by Gasteiger charge is -2.31. The Hall–Kier alpha value is -2.39. The number of hydrogen-bond acceptors (Lipinski definition) is 2. The van der Waals surface area contributed by atoms with Gasteiger partial charge in [-0.05, 0) is 25.5 Å². The first-order valence-corrected chi connectivity index (χ1v) is 8.61. The third-order valence-corrected chi connectivity index (χ3v) is 4.61. The summed E-state index contributed by atoms with van der Waals surface area (Å²) < 4.78 is 5.88. The number of pyridine rings is 1. The Morgan fingerprint density at radius 3 is 2.33 bits per heavy atom. The fourth-order valence-electron chi connectivity index (χ4n) is 3.62. The van der Waals surface area contributed by atoms with Crippen molar-refractivity contribution in [2.24, 2.45) is 0 Å². The number of aromatic amines is 1. The second-order valence-electron chi connectivity index (χ2n) is 6.64. The Morgan fingerprint density at radius 2 is 1.58 bits per heavy atom. The minimum atomic E-state index is 0.244. The van der Waals surface area contributed by atoms with Gasteiger partial charge in [0.2, 0.25) is 0 Å². The average molecular weight is 319 g/mol. The first kappa shape index (κ1) is 15.2. The molecule has 3 nitrogen and oxygen atoms in total. The molecule has 0 unspecified atom stereocenters. The molecule has 0 bridgehead atoms. The highest BCUT2D eigenvalue weighted by Crippen LogP contribution is 2.30. The van der Waals surface area contributed by atoms with Gasteiger partial charge in [0.05, 0.1) is 12.2 Å². The fraction of sp³-hybridized carbons (Fsp3) is 0.286. The Kier molecular flexibility index (Phi) is 3.95. The quantitative estimate of drug-likeness (QED) is 0.715. The van der Waals surface area contributed by atoms with Gasteiger partial charge in [0.15, 0.2) is 0 Å². The van der Waals surface area contributed by atoms with E-state index in [9.17, 15) is 0 Å². The predicted molar refractivity (Wildman–Crippen MR) is 98.2 cm³/mol. The van der Waals surface area contributed by atoms with E-state index in [1.807, 2.05) is 0 Å². The topological polar surface area (TPSA) is 26.6 Å². The van der Waals surface area contributed by atoms with Gasteiger partial charge < -0.3 is 4.74 Å². The molecule has 1 fully saturated rings. The maximum absolute atomic E-state index is 5.88. The number of H-pyrrole nitrogens is 1. The smallest absolute Gasteiger partial charge is 0.275 e. The molecule has 4 rings (SSSR count). The van der Waals surface area contributed by atoms with Gasteiger partial charge in [0, 0.05) is 17.0 Å². The fourth-order valence-corrected chi connectivity index (χ4v) is 3.62. The lowest BCUT2D eigenvalue weighted by atomic mass is 10.0. The van der Waals surface area contributed by atoms with Crippen molar-refractivity contribution >= 4 is 16.7 Å². The number of nitrogens with one attached hydrogen (secondary N) is 1. The van der Waals surface area contributed by atoms with Crippen molar-refractivity contribution in [3.63, 3.8) is 0 Å². The van der Waals surface area contributed by atoms with Gasteiger partial charge in [-0.3, -0.25) is 4.90 Å². The van der Waals surface area contributed by atoms with Crippen molar-refractivity contribution in [2.45, 2.75) is 26.1 Å². The highest BCUT2D eigenvalue weighted by atomic mass is 16.5. The molecule has 0 aliphatic carbocycles. The van der Waals surface area contributed by atoms with Gasteiger partial charge in [-0.2, -0.15) is 0 Å². The van der Waals surface area contributed by atoms with E-state index in [2.05, 4.69) is 84.4 Å². The second kappa shape index (κ2) is 6.25. The molecule has 1 N–H and O–H groups in total. The number of rotatable bonds is 2. The van der Waals surface area contributed by atoms with Gasteiger partial charge >= 0.3 is 0 Å². The van der Waals surface area contributed by atoms with E-state index in [0.717, 1.165) is 18.9 Å². The molecule has 24 heavy (non-hydrogen) atoms. The predicted octanol–water partition coefficient (Wildman–Crippen LogP) is 3.93. The Morgan fingerprint density at radius 1 is 0.917 bits per heavy atom. The Balaban J connectivity index is 1.86. The largest absolute Gasteiger partial charge is 0.367 e. The molecule has 0 amide bonds. The van der Waals surface area contributed by atoms with E-state index in [1.54, 1.807) is 0 Å². The van der Waals surface area contributed by atoms with E-state index >= 15 is 0 Å². The van der Waals surface area contributed by atoms with Crippen LogP contribution >= 0.6 is 0 Å². The molecule has 0 spiro atoms. The van der Waals surface area contributed by atoms with Crippen molar-refractivity contribution in [1.82, 2.24) is 0 Å². The number of morpholine rings is 1. The van der Waals surface area contributed by atoms with Crippen LogP contribution in [0.5, 0.6) is 0 Å². The minimum Gasteiger partial charge on any atom is -0.367 e. The summed E-state index contributed by atoms with van der Waals surface area (Å²) in [7, 11) is 0. The van der Waals surface area contributed by atoms with Crippen molar-refractivity contribution < 1.29 is 9.72 Å². The molecule has 0 radical (unpaired) electrons. The summed E-state index contributed by atoms with van der Waals surface area (Å²) in [4.78, 5) is 6.02. The molecule has 0 saturated carbocycles. The van der Waals surface area contributed by atoms with Gasteiger partial charge in [0.25, 0.3) is 5.82 Å². The van der Waals surface area contributed by atoms with Crippen molar-refractivity contribution in [3.8, 4) is 11.1 Å². The molecule has 1 aliphatic heterocycles. The third kappa shape index (κ3) is 2.87. The second-order valence-corrected chi connectivity index (χ2v) is 6.64. The van der Waals surface area contributed by atoms with Crippen LogP contribution < -0.4 is 9.88 Å². The molecular weight excluding hydrogens is 296 g/mol. The van der Waals surface area contributed by atoms with Gasteiger partial charge in [0.1, 0.15) is 18.6 Å². The number of nitrogens with zero attached hydrogens (tertiary/aromatic N) is 1. The van der Waals surface area contributed by atoms with Crippen LogP contribution in [0, 0.1) is 0 Å². The maximum atomic E-state index is 5.88. The molecule has 3 heteroatoms. The average Bonchev–Trinajstić information content (AvgIpc) is 2.61. The van der Waals surface area contributed by atoms with Gasteiger partial charge in [-0.25, -0.2) is 4.98 Å². The van der Waals surface area contributed by atoms with Crippen molar-refractivity contribution in [1.29, 1.82) is 0 Å². The lowest BCUT2D eigenvalue weighted by Crippen LogP contribution is -2.47. The standard InChI is InChI=1S/C21H22N2O/c1-15-13-23(14-16(2)24-15)21-12-19(17-8-4-3-5-9-17)18-10-6-7-11-20(18)22-21/h3-12,15-16H,13-14H2,1-2H3/p+1/t15-,16-/m0/s1. The lowest BCUT2D eigenvalue weighted by molar-refractivity contribution is -0.331. The van der Waals surface area contributed by atoms with Crippen LogP contribution in [-0.4, -0.2) is 25.3 Å². The van der Waals surface area contributed by atoms with Crippen LogP contribution in [0.4, 0.5) is 5.82 Å². The number of para-hydroxylation sites is 1. The number of benzene rings is 2. The molecule has 2 atom stereocenters. The van der Waals surface area contributed by atoms with Crippen LogP contribution in [-0.2, 0) is 4.74 Å². The molecular formula is C21H23N2O+. The maximum Gasteiger partial charge on any atom is 0.275 e. The summed E-state index contributed by atoms with van der Waals surface area (Å²) in [5.74, 6) is 1.16. The zero-order chi connectivity index (χ0) is 16.5. The van der Waals surface area contributed by atoms with Crippen LogP contribution in [0.1, 0.15) is 13.8 Å². The summed E-state index contributed by atoms with van der Waals surface area (Å²) in [6.45, 7) is 6.10. The highest BCUT2D eigenvalue weighted by molar-refractivity contribution is 5.93. The first-order valence-electron chi connectivity index (χ1n) is 8.61. The monoisotopic (exact) mass is 319 g/mol. The van der Waals surface area contributed by atoms with E-state index in [-0.39, 0.29) is 12.2 Å². The van der Waals surface area contributed by atoms with Crippen LogP contribution in [0.2, 0.25) is 0 Å².